The van der Waals surface area contributed by atoms with E-state index in [2.05, 4.69) is 15.5 Å². The molecule has 1 amide bonds. The van der Waals surface area contributed by atoms with E-state index < -0.39 is 10.8 Å². The average Bonchev–Trinajstić information content (AvgIpc) is 2.86. The molecule has 0 fully saturated rings. The summed E-state index contributed by atoms with van der Waals surface area (Å²) in [7, 11) is 0. The largest absolute Gasteiger partial charge is 0.307 e. The van der Waals surface area contributed by atoms with Crippen LogP contribution in [0.3, 0.4) is 0 Å². The number of amides is 1. The van der Waals surface area contributed by atoms with Gasteiger partial charge in [0.15, 0.2) is 0 Å². The molecule has 2 N–H and O–H groups in total. The first kappa shape index (κ1) is 14.0. The van der Waals surface area contributed by atoms with Crippen molar-refractivity contribution in [1.29, 1.82) is 0 Å². The highest BCUT2D eigenvalue weighted by Crippen LogP contribution is 2.23. The molecule has 0 spiro atoms. The second-order valence-electron chi connectivity index (χ2n) is 4.00. The maximum Gasteiger partial charge on any atom is 0.270 e. The molecule has 0 aliphatic rings. The predicted octanol–water partition coefficient (Wildman–Crippen LogP) is 2.79. The molecule has 0 saturated carbocycles. The Morgan fingerprint density at radius 2 is 2.30 bits per heavy atom. The molecule has 0 atom stereocenters. The van der Waals surface area contributed by atoms with Crippen molar-refractivity contribution in [3.05, 3.63) is 50.7 Å². The number of anilines is 1. The lowest BCUT2D eigenvalue weighted by Crippen LogP contribution is -2.14. The van der Waals surface area contributed by atoms with Crippen molar-refractivity contribution in [3.63, 3.8) is 0 Å². The minimum absolute atomic E-state index is 0.0394. The van der Waals surface area contributed by atoms with E-state index in [1.54, 1.807) is 6.20 Å². The molecule has 20 heavy (non-hydrogen) atoms. The van der Waals surface area contributed by atoms with E-state index in [9.17, 15) is 14.9 Å². The third-order valence-electron chi connectivity index (χ3n) is 2.74. The number of aromatic nitrogens is 2. The molecule has 1 aromatic carbocycles. The van der Waals surface area contributed by atoms with Crippen LogP contribution in [0.5, 0.6) is 0 Å². The molecule has 2 rings (SSSR count). The van der Waals surface area contributed by atoms with Gasteiger partial charge in [-0.15, -0.1) is 0 Å². The van der Waals surface area contributed by atoms with Gasteiger partial charge < -0.3 is 5.32 Å². The molecule has 0 unspecified atom stereocenters. The summed E-state index contributed by atoms with van der Waals surface area (Å²) in [6.45, 7) is 1.92. The molecule has 0 radical (unpaired) electrons. The maximum atomic E-state index is 12.1. The Balaban J connectivity index is 2.29. The summed E-state index contributed by atoms with van der Waals surface area (Å²) in [5, 5.41) is 19.9. The first-order chi connectivity index (χ1) is 9.52. The summed E-state index contributed by atoms with van der Waals surface area (Å²) in [6.07, 6.45) is 2.29. The third kappa shape index (κ3) is 2.77. The number of halogens is 1. The lowest BCUT2D eigenvalue weighted by Gasteiger charge is -2.06. The third-order valence-corrected chi connectivity index (χ3v) is 3.07. The van der Waals surface area contributed by atoms with E-state index >= 15 is 0 Å². The number of nitrogens with one attached hydrogen (secondary N) is 2. The van der Waals surface area contributed by atoms with E-state index in [-0.39, 0.29) is 16.3 Å². The summed E-state index contributed by atoms with van der Waals surface area (Å²) >= 11 is 5.90. The summed E-state index contributed by atoms with van der Waals surface area (Å²) < 4.78 is 0. The van der Waals surface area contributed by atoms with Crippen LogP contribution in [0, 0.1) is 10.1 Å². The fraction of sp³-hybridized carbons (Fsp3) is 0.167. The lowest BCUT2D eigenvalue weighted by molar-refractivity contribution is -0.384. The lowest BCUT2D eigenvalue weighted by atomic mass is 10.2. The van der Waals surface area contributed by atoms with E-state index in [0.29, 0.717) is 12.2 Å². The molecule has 0 bridgehead atoms. The fourth-order valence-corrected chi connectivity index (χ4v) is 1.87. The van der Waals surface area contributed by atoms with Crippen LogP contribution in [0.4, 0.5) is 11.5 Å². The van der Waals surface area contributed by atoms with Crippen LogP contribution in [-0.2, 0) is 6.42 Å². The first-order valence-electron chi connectivity index (χ1n) is 5.80. The molecule has 0 saturated heterocycles. The molecular weight excluding hydrogens is 284 g/mol. The Bertz CT molecular complexity index is 668. The minimum atomic E-state index is -0.583. The van der Waals surface area contributed by atoms with Crippen LogP contribution >= 0.6 is 11.6 Å². The monoisotopic (exact) mass is 294 g/mol. The second kappa shape index (κ2) is 5.70. The number of carbonyl (C=O) groups excluding carboxylic acids is 1. The Hall–Kier alpha value is -2.41. The number of carbonyl (C=O) groups is 1. The highest BCUT2D eigenvalue weighted by atomic mass is 35.5. The van der Waals surface area contributed by atoms with Gasteiger partial charge in [0.25, 0.3) is 11.6 Å². The van der Waals surface area contributed by atoms with Gasteiger partial charge in [-0.3, -0.25) is 20.0 Å². The van der Waals surface area contributed by atoms with E-state index in [4.69, 9.17) is 11.6 Å². The number of hydrogen-bond donors (Lipinski definition) is 2. The van der Waals surface area contributed by atoms with Crippen LogP contribution in [0.2, 0.25) is 5.02 Å². The van der Waals surface area contributed by atoms with Gasteiger partial charge in [-0.2, -0.15) is 5.10 Å². The molecule has 1 aromatic heterocycles. The Labute approximate surface area is 119 Å². The van der Waals surface area contributed by atoms with Gasteiger partial charge in [0.1, 0.15) is 5.82 Å². The van der Waals surface area contributed by atoms with Gasteiger partial charge in [-0.05, 0) is 12.5 Å². The van der Waals surface area contributed by atoms with Crippen molar-refractivity contribution < 1.29 is 9.72 Å². The number of rotatable bonds is 4. The summed E-state index contributed by atoms with van der Waals surface area (Å²) in [5.41, 5.74) is 0.678. The summed E-state index contributed by atoms with van der Waals surface area (Å²) in [5.74, 6) is -0.0716. The number of nitro groups is 1. The molecule has 7 nitrogen and oxygen atoms in total. The number of hydrogen-bond acceptors (Lipinski definition) is 4. The van der Waals surface area contributed by atoms with Crippen molar-refractivity contribution in [3.8, 4) is 0 Å². The summed E-state index contributed by atoms with van der Waals surface area (Å²) in [6, 6.07) is 3.70. The second-order valence-corrected chi connectivity index (χ2v) is 4.41. The van der Waals surface area contributed by atoms with Crippen molar-refractivity contribution in [2.45, 2.75) is 13.3 Å². The molecular formula is C12H11ClN4O3. The Morgan fingerprint density at radius 1 is 1.55 bits per heavy atom. The molecule has 1 heterocycles. The Morgan fingerprint density at radius 3 is 2.95 bits per heavy atom. The Kier molecular flexibility index (Phi) is 3.99. The zero-order chi connectivity index (χ0) is 14.7. The first-order valence-corrected chi connectivity index (χ1v) is 6.18. The molecule has 0 aliphatic heterocycles. The number of nitro benzene ring substituents is 1. The van der Waals surface area contributed by atoms with Gasteiger partial charge in [0.05, 0.1) is 21.7 Å². The predicted molar refractivity (Wildman–Crippen MR) is 74.0 cm³/mol. The highest BCUT2D eigenvalue weighted by Gasteiger charge is 2.17. The number of nitrogens with zero attached hydrogens (tertiary/aromatic N) is 2. The number of benzene rings is 1. The van der Waals surface area contributed by atoms with E-state index in [1.165, 1.54) is 12.1 Å². The average molecular weight is 295 g/mol. The molecule has 104 valence electrons. The van der Waals surface area contributed by atoms with E-state index in [0.717, 1.165) is 11.6 Å². The fourth-order valence-electron chi connectivity index (χ4n) is 1.67. The van der Waals surface area contributed by atoms with Crippen molar-refractivity contribution >= 4 is 29.0 Å². The normalized spacial score (nSPS) is 10.3. The number of aryl methyl sites for hydroxylation is 1. The zero-order valence-electron chi connectivity index (χ0n) is 10.5. The van der Waals surface area contributed by atoms with Crippen LogP contribution in [0.25, 0.3) is 0 Å². The van der Waals surface area contributed by atoms with Crippen LogP contribution in [-0.4, -0.2) is 21.0 Å². The van der Waals surface area contributed by atoms with Gasteiger partial charge in [-0.1, -0.05) is 18.5 Å². The quantitative estimate of drug-likeness (QED) is 0.668. The number of H-pyrrole nitrogens is 1. The molecule has 0 aliphatic carbocycles. The number of aromatic amines is 1. The molecule has 8 heteroatoms. The van der Waals surface area contributed by atoms with Gasteiger partial charge in [0, 0.05) is 17.7 Å². The van der Waals surface area contributed by atoms with E-state index in [1.807, 2.05) is 6.92 Å². The topological polar surface area (TPSA) is 101 Å². The van der Waals surface area contributed by atoms with Crippen molar-refractivity contribution in [2.24, 2.45) is 0 Å². The van der Waals surface area contributed by atoms with Gasteiger partial charge in [-0.25, -0.2) is 0 Å². The zero-order valence-corrected chi connectivity index (χ0v) is 11.3. The van der Waals surface area contributed by atoms with Crippen LogP contribution in [0.15, 0.2) is 24.4 Å². The van der Waals surface area contributed by atoms with Crippen LogP contribution in [0.1, 0.15) is 22.8 Å². The van der Waals surface area contributed by atoms with Gasteiger partial charge >= 0.3 is 0 Å². The van der Waals surface area contributed by atoms with Crippen molar-refractivity contribution in [2.75, 3.05) is 5.32 Å². The molecule has 2 aromatic rings. The highest BCUT2D eigenvalue weighted by molar-refractivity contribution is 6.34. The maximum absolute atomic E-state index is 12.1. The summed E-state index contributed by atoms with van der Waals surface area (Å²) in [4.78, 5) is 22.2. The van der Waals surface area contributed by atoms with Gasteiger partial charge in [0.2, 0.25) is 0 Å². The SMILES string of the molecule is CCc1cn[nH]c1NC(=O)c1cc([N+](=O)[O-])ccc1Cl. The number of non-ortho nitro benzene ring substituents is 1. The standard InChI is InChI=1S/C12H11ClN4O3/c1-2-7-6-14-16-11(7)15-12(18)9-5-8(17(19)20)3-4-10(9)13/h3-6H,2H2,1H3,(H2,14,15,16,18). The smallest absolute Gasteiger partial charge is 0.270 e. The van der Waals surface area contributed by atoms with Crippen molar-refractivity contribution in [1.82, 2.24) is 10.2 Å². The minimum Gasteiger partial charge on any atom is -0.307 e. The van der Waals surface area contributed by atoms with Crippen LogP contribution < -0.4 is 5.32 Å².